The molecule has 84 valence electrons. The number of anilines is 1. The molecule has 1 aliphatic rings. The number of rotatable bonds is 5. The maximum atomic E-state index is 4.36. The van der Waals surface area contributed by atoms with Crippen molar-refractivity contribution in [2.24, 2.45) is 0 Å². The van der Waals surface area contributed by atoms with E-state index < -0.39 is 0 Å². The van der Waals surface area contributed by atoms with Gasteiger partial charge in [0, 0.05) is 25.3 Å². The molecule has 0 radical (unpaired) electrons. The quantitative estimate of drug-likeness (QED) is 0.730. The summed E-state index contributed by atoms with van der Waals surface area (Å²) >= 11 is 0. The average Bonchev–Trinajstić information content (AvgIpc) is 3.03. The van der Waals surface area contributed by atoms with E-state index >= 15 is 0 Å². The van der Waals surface area contributed by atoms with Crippen molar-refractivity contribution >= 4 is 11.6 Å². The van der Waals surface area contributed by atoms with Gasteiger partial charge in [0.25, 0.3) is 0 Å². The maximum absolute atomic E-state index is 4.36. The number of nitrogens with zero attached hydrogens (tertiary/aromatic N) is 3. The van der Waals surface area contributed by atoms with Crippen LogP contribution < -0.4 is 10.6 Å². The second kappa shape index (κ2) is 4.09. The van der Waals surface area contributed by atoms with E-state index in [9.17, 15) is 0 Å². The highest BCUT2D eigenvalue weighted by atomic mass is 15.3. The molecule has 0 spiro atoms. The van der Waals surface area contributed by atoms with Gasteiger partial charge in [-0.25, -0.2) is 4.52 Å². The van der Waals surface area contributed by atoms with E-state index in [0.717, 1.165) is 24.8 Å². The highest BCUT2D eigenvalue weighted by Crippen LogP contribution is 2.17. The lowest BCUT2D eigenvalue weighted by Crippen LogP contribution is -2.24. The van der Waals surface area contributed by atoms with Crippen molar-refractivity contribution in [1.82, 2.24) is 19.9 Å². The van der Waals surface area contributed by atoms with E-state index in [-0.39, 0.29) is 0 Å². The molecule has 2 aromatic heterocycles. The largest absolute Gasteiger partial charge is 0.352 e. The zero-order chi connectivity index (χ0) is 10.8. The van der Waals surface area contributed by atoms with Crippen LogP contribution in [0.5, 0.6) is 0 Å². The van der Waals surface area contributed by atoms with E-state index in [1.54, 1.807) is 4.52 Å². The highest BCUT2D eigenvalue weighted by Gasteiger charge is 2.19. The molecular weight excluding hydrogens is 202 g/mol. The minimum atomic E-state index is 0.698. The lowest BCUT2D eigenvalue weighted by atomic mass is 10.5. The minimum absolute atomic E-state index is 0.698. The van der Waals surface area contributed by atoms with E-state index in [0.29, 0.717) is 5.95 Å². The van der Waals surface area contributed by atoms with Crippen molar-refractivity contribution in [3.05, 3.63) is 24.4 Å². The van der Waals surface area contributed by atoms with Crippen LogP contribution in [0.1, 0.15) is 12.8 Å². The zero-order valence-electron chi connectivity index (χ0n) is 9.06. The van der Waals surface area contributed by atoms with Crippen molar-refractivity contribution in [3.8, 4) is 0 Å². The first kappa shape index (κ1) is 9.59. The molecule has 5 heteroatoms. The predicted molar refractivity (Wildman–Crippen MR) is 62.5 cm³/mol. The van der Waals surface area contributed by atoms with Crippen LogP contribution in [0.4, 0.5) is 5.95 Å². The van der Waals surface area contributed by atoms with Gasteiger partial charge in [0.2, 0.25) is 5.95 Å². The third-order valence-electron chi connectivity index (χ3n) is 2.66. The molecule has 0 atom stereocenters. The standard InChI is InChI=1S/C11H15N5/c1-2-8-16-10(3-1)14-11(15-16)13-7-6-12-9-4-5-9/h1-3,8-9,12H,4-7H2,(H,13,15). The predicted octanol–water partition coefficient (Wildman–Crippen LogP) is 0.893. The van der Waals surface area contributed by atoms with Crippen molar-refractivity contribution in [3.63, 3.8) is 0 Å². The van der Waals surface area contributed by atoms with Gasteiger partial charge in [0.15, 0.2) is 5.65 Å². The summed E-state index contributed by atoms with van der Waals surface area (Å²) in [5.41, 5.74) is 0.875. The monoisotopic (exact) mass is 217 g/mol. The SMILES string of the molecule is c1ccn2nc(NCCNC3CC3)nc2c1. The Hall–Kier alpha value is -1.62. The average molecular weight is 217 g/mol. The maximum Gasteiger partial charge on any atom is 0.243 e. The summed E-state index contributed by atoms with van der Waals surface area (Å²) in [7, 11) is 0. The molecule has 0 aliphatic heterocycles. The molecule has 0 bridgehead atoms. The highest BCUT2D eigenvalue weighted by molar-refractivity contribution is 5.42. The Labute approximate surface area is 93.9 Å². The Morgan fingerprint density at radius 3 is 3.06 bits per heavy atom. The summed E-state index contributed by atoms with van der Waals surface area (Å²) in [5, 5.41) is 11.0. The molecule has 0 aromatic carbocycles. The van der Waals surface area contributed by atoms with Crippen molar-refractivity contribution in [1.29, 1.82) is 0 Å². The first-order valence-corrected chi connectivity index (χ1v) is 5.70. The van der Waals surface area contributed by atoms with Crippen LogP contribution in [-0.4, -0.2) is 33.7 Å². The van der Waals surface area contributed by atoms with E-state index in [1.807, 2.05) is 24.4 Å². The van der Waals surface area contributed by atoms with E-state index in [2.05, 4.69) is 20.7 Å². The summed E-state index contributed by atoms with van der Waals surface area (Å²) in [6, 6.07) is 6.61. The number of aromatic nitrogens is 3. The third kappa shape index (κ3) is 2.14. The van der Waals surface area contributed by atoms with Gasteiger partial charge < -0.3 is 10.6 Å². The molecule has 0 unspecified atom stereocenters. The van der Waals surface area contributed by atoms with Crippen molar-refractivity contribution < 1.29 is 0 Å². The van der Waals surface area contributed by atoms with Gasteiger partial charge in [0.1, 0.15) is 0 Å². The molecule has 16 heavy (non-hydrogen) atoms. The molecule has 2 N–H and O–H groups in total. The molecule has 1 fully saturated rings. The summed E-state index contributed by atoms with van der Waals surface area (Å²) in [5.74, 6) is 0.698. The number of nitrogens with one attached hydrogen (secondary N) is 2. The van der Waals surface area contributed by atoms with Gasteiger partial charge in [-0.05, 0) is 25.0 Å². The molecule has 1 aliphatic carbocycles. The summed E-state index contributed by atoms with van der Waals surface area (Å²) in [4.78, 5) is 4.36. The molecular formula is C11H15N5. The van der Waals surface area contributed by atoms with Gasteiger partial charge in [-0.1, -0.05) is 6.07 Å². The van der Waals surface area contributed by atoms with Crippen LogP contribution in [0.15, 0.2) is 24.4 Å². The van der Waals surface area contributed by atoms with E-state index in [1.165, 1.54) is 12.8 Å². The Balaban J connectivity index is 1.56. The molecule has 2 aromatic rings. The Kier molecular flexibility index (Phi) is 2.46. The fraction of sp³-hybridized carbons (Fsp3) is 0.455. The number of pyridine rings is 1. The van der Waals surface area contributed by atoms with Gasteiger partial charge >= 0.3 is 0 Å². The Morgan fingerprint density at radius 2 is 2.25 bits per heavy atom. The van der Waals surface area contributed by atoms with Crippen LogP contribution >= 0.6 is 0 Å². The van der Waals surface area contributed by atoms with Gasteiger partial charge in [-0.2, -0.15) is 4.98 Å². The molecule has 3 rings (SSSR count). The summed E-state index contributed by atoms with van der Waals surface area (Å²) in [6.45, 7) is 1.84. The lowest BCUT2D eigenvalue weighted by molar-refractivity contribution is 0.699. The molecule has 1 saturated carbocycles. The second-order valence-electron chi connectivity index (χ2n) is 4.09. The first-order chi connectivity index (χ1) is 7.92. The summed E-state index contributed by atoms with van der Waals surface area (Å²) < 4.78 is 1.77. The number of fused-ring (bicyclic) bond motifs is 1. The van der Waals surface area contributed by atoms with Crippen LogP contribution in [0, 0.1) is 0 Å². The van der Waals surface area contributed by atoms with E-state index in [4.69, 9.17) is 0 Å². The topological polar surface area (TPSA) is 54.2 Å². The molecule has 0 saturated heterocycles. The van der Waals surface area contributed by atoms with Crippen molar-refractivity contribution in [2.45, 2.75) is 18.9 Å². The lowest BCUT2D eigenvalue weighted by Gasteiger charge is -2.02. The Morgan fingerprint density at radius 1 is 1.31 bits per heavy atom. The molecule has 5 nitrogen and oxygen atoms in total. The van der Waals surface area contributed by atoms with Crippen LogP contribution in [0.25, 0.3) is 5.65 Å². The number of hydrogen-bond acceptors (Lipinski definition) is 4. The van der Waals surface area contributed by atoms with Gasteiger partial charge in [0.05, 0.1) is 0 Å². The normalized spacial score (nSPS) is 15.5. The molecule has 2 heterocycles. The van der Waals surface area contributed by atoms with Crippen LogP contribution in [0.2, 0.25) is 0 Å². The summed E-state index contributed by atoms with van der Waals surface area (Å²) in [6.07, 6.45) is 4.55. The van der Waals surface area contributed by atoms with Gasteiger partial charge in [-0.3, -0.25) is 0 Å². The Bertz CT molecular complexity index is 441. The zero-order valence-corrected chi connectivity index (χ0v) is 9.06. The number of hydrogen-bond donors (Lipinski definition) is 2. The smallest absolute Gasteiger partial charge is 0.243 e. The van der Waals surface area contributed by atoms with Crippen LogP contribution in [-0.2, 0) is 0 Å². The van der Waals surface area contributed by atoms with Crippen LogP contribution in [0.3, 0.4) is 0 Å². The van der Waals surface area contributed by atoms with Gasteiger partial charge in [-0.15, -0.1) is 5.10 Å². The molecule has 0 amide bonds. The third-order valence-corrected chi connectivity index (χ3v) is 2.66. The fourth-order valence-electron chi connectivity index (χ4n) is 1.64. The first-order valence-electron chi connectivity index (χ1n) is 5.70. The van der Waals surface area contributed by atoms with Crippen molar-refractivity contribution in [2.75, 3.05) is 18.4 Å². The fourth-order valence-corrected chi connectivity index (χ4v) is 1.64. The second-order valence-corrected chi connectivity index (χ2v) is 4.09. The minimum Gasteiger partial charge on any atom is -0.352 e.